The number of rotatable bonds is 6. The van der Waals surface area contributed by atoms with Gasteiger partial charge in [-0.1, -0.05) is 23.9 Å². The number of anilines is 2. The summed E-state index contributed by atoms with van der Waals surface area (Å²) in [4.78, 5) is 64.5. The summed E-state index contributed by atoms with van der Waals surface area (Å²) in [5.41, 5.74) is 1.80. The molecule has 2 aliphatic heterocycles. The number of imide groups is 2. The van der Waals surface area contributed by atoms with Gasteiger partial charge in [0.15, 0.2) is 5.78 Å². The molecule has 0 saturated carbocycles. The van der Waals surface area contributed by atoms with Crippen LogP contribution in [0.4, 0.5) is 11.4 Å². The minimum Gasteiger partial charge on any atom is -0.289 e. The number of para-hydroxylation sites is 1. The first kappa shape index (κ1) is 22.2. The summed E-state index contributed by atoms with van der Waals surface area (Å²) in [6, 6.07) is 20.4. The van der Waals surface area contributed by atoms with Crippen LogP contribution in [-0.2, 0) is 19.2 Å². The maximum atomic E-state index is 12.9. The van der Waals surface area contributed by atoms with Gasteiger partial charge in [0.1, 0.15) is 0 Å². The molecule has 170 valence electrons. The van der Waals surface area contributed by atoms with Crippen LogP contribution in [0, 0.1) is 0 Å². The quantitative estimate of drug-likeness (QED) is 0.392. The van der Waals surface area contributed by atoms with Gasteiger partial charge >= 0.3 is 0 Å². The van der Waals surface area contributed by atoms with E-state index >= 15 is 0 Å². The summed E-state index contributed by atoms with van der Waals surface area (Å²) in [6.45, 7) is 0. The molecule has 0 aromatic heterocycles. The lowest BCUT2D eigenvalue weighted by molar-refractivity contribution is -0.121. The zero-order valence-corrected chi connectivity index (χ0v) is 18.9. The van der Waals surface area contributed by atoms with Crippen LogP contribution in [0.15, 0.2) is 107 Å². The van der Waals surface area contributed by atoms with Crippen molar-refractivity contribution >= 4 is 52.5 Å². The summed E-state index contributed by atoms with van der Waals surface area (Å²) >= 11 is 1.38. The SMILES string of the molecule is O=C(c1ccc(Sc2ccccc2N2C(=O)C=CC2=O)cc1)c1ccc(N2C(=O)C=CC2=O)cc1. The van der Waals surface area contributed by atoms with Crippen LogP contribution in [0.2, 0.25) is 0 Å². The Balaban J connectivity index is 1.32. The molecule has 4 amide bonds. The number of carbonyl (C=O) groups is 5. The fourth-order valence-corrected chi connectivity index (χ4v) is 4.69. The number of nitrogens with zero attached hydrogens (tertiary/aromatic N) is 2. The van der Waals surface area contributed by atoms with E-state index in [2.05, 4.69) is 0 Å². The van der Waals surface area contributed by atoms with Gasteiger partial charge in [-0.2, -0.15) is 0 Å². The van der Waals surface area contributed by atoms with Gasteiger partial charge in [-0.25, -0.2) is 9.80 Å². The van der Waals surface area contributed by atoms with Crippen LogP contribution >= 0.6 is 11.8 Å². The predicted octanol–water partition coefficient (Wildman–Crippen LogP) is 3.93. The fourth-order valence-electron chi connectivity index (χ4n) is 3.75. The lowest BCUT2D eigenvalue weighted by atomic mass is 10.0. The fraction of sp³-hybridized carbons (Fsp3) is 0. The molecule has 0 saturated heterocycles. The minimum atomic E-state index is -0.418. The van der Waals surface area contributed by atoms with Crippen molar-refractivity contribution in [2.75, 3.05) is 9.80 Å². The molecule has 0 bridgehead atoms. The maximum Gasteiger partial charge on any atom is 0.258 e. The van der Waals surface area contributed by atoms with E-state index in [1.54, 1.807) is 60.7 Å². The topological polar surface area (TPSA) is 91.8 Å². The highest BCUT2D eigenvalue weighted by atomic mass is 32.2. The summed E-state index contributed by atoms with van der Waals surface area (Å²) < 4.78 is 0. The third-order valence-electron chi connectivity index (χ3n) is 5.46. The molecule has 0 atom stereocenters. The molecular weight excluding hydrogens is 464 g/mol. The summed E-state index contributed by atoms with van der Waals surface area (Å²) in [5.74, 6) is -1.81. The first-order valence-corrected chi connectivity index (χ1v) is 11.4. The number of amides is 4. The van der Waals surface area contributed by atoms with E-state index in [1.165, 1.54) is 36.1 Å². The maximum absolute atomic E-state index is 12.9. The van der Waals surface area contributed by atoms with Gasteiger partial charge in [0, 0.05) is 45.2 Å². The Morgan fingerprint density at radius 1 is 0.571 bits per heavy atom. The Labute approximate surface area is 204 Å². The molecule has 3 aromatic carbocycles. The van der Waals surface area contributed by atoms with Gasteiger partial charge in [0.2, 0.25) is 0 Å². The molecule has 2 heterocycles. The molecule has 0 spiro atoms. The van der Waals surface area contributed by atoms with E-state index in [1.807, 2.05) is 12.1 Å². The second-order valence-electron chi connectivity index (χ2n) is 7.66. The lowest BCUT2D eigenvalue weighted by Crippen LogP contribution is -2.29. The molecular formula is C27H16N2O5S. The van der Waals surface area contributed by atoms with Crippen molar-refractivity contribution < 1.29 is 24.0 Å². The van der Waals surface area contributed by atoms with Gasteiger partial charge < -0.3 is 0 Å². The van der Waals surface area contributed by atoms with E-state index in [0.717, 1.165) is 19.6 Å². The molecule has 0 unspecified atom stereocenters. The zero-order valence-electron chi connectivity index (χ0n) is 18.1. The Kier molecular flexibility index (Phi) is 5.72. The number of ketones is 1. The van der Waals surface area contributed by atoms with Crippen LogP contribution < -0.4 is 9.80 Å². The van der Waals surface area contributed by atoms with Crippen molar-refractivity contribution in [1.29, 1.82) is 0 Å². The van der Waals surface area contributed by atoms with Crippen molar-refractivity contribution in [3.8, 4) is 0 Å². The van der Waals surface area contributed by atoms with Crippen LogP contribution in [0.3, 0.4) is 0 Å². The van der Waals surface area contributed by atoms with Crippen LogP contribution in [0.5, 0.6) is 0 Å². The van der Waals surface area contributed by atoms with Crippen molar-refractivity contribution in [3.63, 3.8) is 0 Å². The third-order valence-corrected chi connectivity index (χ3v) is 6.53. The van der Waals surface area contributed by atoms with Gasteiger partial charge in [-0.3, -0.25) is 24.0 Å². The number of carbonyl (C=O) groups excluding carboxylic acids is 5. The van der Waals surface area contributed by atoms with Crippen molar-refractivity contribution in [1.82, 2.24) is 0 Å². The predicted molar refractivity (Wildman–Crippen MR) is 130 cm³/mol. The minimum absolute atomic E-state index is 0.204. The van der Waals surface area contributed by atoms with Gasteiger partial charge in [0.25, 0.3) is 23.6 Å². The van der Waals surface area contributed by atoms with E-state index in [4.69, 9.17) is 0 Å². The standard InChI is InChI=1S/C27H16N2O5S/c30-23-13-14-24(31)28(23)19-9-5-17(6-10-19)27(34)18-7-11-20(12-8-18)35-22-4-2-1-3-21(22)29-25(32)15-16-26(29)33/h1-16H. The first-order valence-electron chi connectivity index (χ1n) is 10.6. The first-order chi connectivity index (χ1) is 16.9. The molecule has 0 aliphatic carbocycles. The second-order valence-corrected chi connectivity index (χ2v) is 8.78. The van der Waals surface area contributed by atoms with Gasteiger partial charge in [-0.05, 0) is 60.7 Å². The highest BCUT2D eigenvalue weighted by molar-refractivity contribution is 7.99. The number of hydrogen-bond acceptors (Lipinski definition) is 6. The average Bonchev–Trinajstić information content (AvgIpc) is 3.39. The third kappa shape index (κ3) is 4.22. The molecule has 2 aliphatic rings. The molecule has 0 fully saturated rings. The summed E-state index contributed by atoms with van der Waals surface area (Å²) in [7, 11) is 0. The molecule has 3 aromatic rings. The Bertz CT molecular complexity index is 1420. The second kappa shape index (κ2) is 9.00. The molecule has 8 heteroatoms. The van der Waals surface area contributed by atoms with E-state index in [0.29, 0.717) is 22.5 Å². The van der Waals surface area contributed by atoms with Crippen LogP contribution in [0.25, 0.3) is 0 Å². The van der Waals surface area contributed by atoms with Crippen molar-refractivity contribution in [2.24, 2.45) is 0 Å². The van der Waals surface area contributed by atoms with Gasteiger partial charge in [0.05, 0.1) is 11.4 Å². The average molecular weight is 481 g/mol. The summed E-state index contributed by atoms with van der Waals surface area (Å²) in [5, 5.41) is 0. The molecule has 35 heavy (non-hydrogen) atoms. The Hall–Kier alpha value is -4.56. The summed E-state index contributed by atoms with van der Waals surface area (Å²) in [6.07, 6.45) is 4.90. The zero-order chi connectivity index (χ0) is 24.5. The van der Waals surface area contributed by atoms with Gasteiger partial charge in [-0.15, -0.1) is 0 Å². The molecule has 5 rings (SSSR count). The lowest BCUT2D eigenvalue weighted by Gasteiger charge is -2.17. The number of hydrogen-bond donors (Lipinski definition) is 0. The highest BCUT2D eigenvalue weighted by Crippen LogP contribution is 2.36. The smallest absolute Gasteiger partial charge is 0.258 e. The van der Waals surface area contributed by atoms with Crippen molar-refractivity contribution in [3.05, 3.63) is 108 Å². The molecule has 7 nitrogen and oxygen atoms in total. The van der Waals surface area contributed by atoms with E-state index < -0.39 is 11.8 Å². The molecule has 0 radical (unpaired) electrons. The Morgan fingerprint density at radius 2 is 1.06 bits per heavy atom. The highest BCUT2D eigenvalue weighted by Gasteiger charge is 2.27. The van der Waals surface area contributed by atoms with E-state index in [-0.39, 0.29) is 17.6 Å². The normalized spacial score (nSPS) is 15.0. The van der Waals surface area contributed by atoms with E-state index in [9.17, 15) is 24.0 Å². The van der Waals surface area contributed by atoms with Crippen LogP contribution in [-0.4, -0.2) is 29.4 Å². The largest absolute Gasteiger partial charge is 0.289 e. The Morgan fingerprint density at radius 3 is 1.63 bits per heavy atom. The van der Waals surface area contributed by atoms with Crippen molar-refractivity contribution in [2.45, 2.75) is 9.79 Å². The number of benzene rings is 3. The molecule has 0 N–H and O–H groups in total. The van der Waals surface area contributed by atoms with Crippen LogP contribution in [0.1, 0.15) is 15.9 Å². The monoisotopic (exact) mass is 480 g/mol.